The molecule has 0 aliphatic carbocycles. The van der Waals surface area contributed by atoms with Crippen molar-refractivity contribution in [3.63, 3.8) is 0 Å². The second-order valence-corrected chi connectivity index (χ2v) is 8.36. The van der Waals surface area contributed by atoms with E-state index in [1.54, 1.807) is 11.8 Å². The molecule has 0 amide bonds. The Morgan fingerprint density at radius 3 is 1.93 bits per heavy atom. The van der Waals surface area contributed by atoms with Gasteiger partial charge in [-0.25, -0.2) is 0 Å². The van der Waals surface area contributed by atoms with Crippen molar-refractivity contribution in [3.05, 3.63) is 95.6 Å². The Kier molecular flexibility index (Phi) is 8.18. The van der Waals surface area contributed by atoms with Crippen molar-refractivity contribution in [3.8, 4) is 5.75 Å². The van der Waals surface area contributed by atoms with Gasteiger partial charge in [-0.15, -0.1) is 11.8 Å². The second kappa shape index (κ2) is 11.1. The molecule has 3 rings (SSSR count). The molecule has 0 radical (unpaired) electrons. The Bertz CT molecular complexity index is 944. The van der Waals surface area contributed by atoms with Crippen molar-refractivity contribution in [2.24, 2.45) is 0 Å². The molecule has 0 heterocycles. The molecule has 3 heteroatoms. The molecule has 30 heavy (non-hydrogen) atoms. The van der Waals surface area contributed by atoms with Gasteiger partial charge in [0.1, 0.15) is 12.4 Å². The normalized spacial score (nSPS) is 12.0. The summed E-state index contributed by atoms with van der Waals surface area (Å²) in [6.07, 6.45) is 3.08. The summed E-state index contributed by atoms with van der Waals surface area (Å²) in [6.45, 7) is 3.83. The first-order valence-electron chi connectivity index (χ1n) is 10.4. The summed E-state index contributed by atoms with van der Waals surface area (Å²) in [5.74, 6) is 0.912. The molecular weight excluding hydrogens is 386 g/mol. The summed E-state index contributed by atoms with van der Waals surface area (Å²) in [6, 6.07) is 28.1. The third-order valence-corrected chi connectivity index (χ3v) is 5.85. The number of thioether (sulfide) groups is 1. The maximum atomic E-state index is 5.90. The molecule has 0 fully saturated rings. The molecule has 2 nitrogen and oxygen atoms in total. The van der Waals surface area contributed by atoms with Crippen molar-refractivity contribution in [1.82, 2.24) is 4.90 Å². The zero-order valence-electron chi connectivity index (χ0n) is 18.4. The fourth-order valence-corrected chi connectivity index (χ4v) is 3.91. The number of rotatable bonds is 9. The largest absolute Gasteiger partial charge is 0.492 e. The average molecular weight is 418 g/mol. The van der Waals surface area contributed by atoms with Crippen molar-refractivity contribution < 1.29 is 4.74 Å². The lowest BCUT2D eigenvalue weighted by atomic mass is 9.88. The zero-order valence-corrected chi connectivity index (χ0v) is 19.2. The Morgan fingerprint density at radius 1 is 0.800 bits per heavy atom. The van der Waals surface area contributed by atoms with Crippen LogP contribution in [0.2, 0.25) is 0 Å². The van der Waals surface area contributed by atoms with Crippen LogP contribution in [-0.4, -0.2) is 38.4 Å². The first-order valence-corrected chi connectivity index (χ1v) is 11.7. The minimum Gasteiger partial charge on any atom is -0.492 e. The van der Waals surface area contributed by atoms with Gasteiger partial charge in [-0.05, 0) is 78.9 Å². The Labute approximate surface area is 185 Å². The van der Waals surface area contributed by atoms with Crippen LogP contribution in [0.25, 0.3) is 11.1 Å². The molecule has 0 bridgehead atoms. The number of nitrogens with zero attached hydrogens (tertiary/aromatic N) is 1. The number of ether oxygens (including phenoxy) is 1. The number of allylic oxidation sites excluding steroid dienone is 1. The van der Waals surface area contributed by atoms with Gasteiger partial charge in [-0.1, -0.05) is 61.5 Å². The van der Waals surface area contributed by atoms with Crippen LogP contribution >= 0.6 is 11.8 Å². The molecule has 0 aliphatic rings. The monoisotopic (exact) mass is 417 g/mol. The molecule has 3 aromatic carbocycles. The highest BCUT2D eigenvalue weighted by Crippen LogP contribution is 2.35. The number of hydrogen-bond acceptors (Lipinski definition) is 3. The minimum atomic E-state index is 0.690. The SMILES string of the molecule is CC/C(=C(\c1ccc(OCCN(C)C)cc1)c1ccc(SC)cc1)c1ccccc1. The van der Waals surface area contributed by atoms with E-state index >= 15 is 0 Å². The summed E-state index contributed by atoms with van der Waals surface area (Å²) >= 11 is 1.77. The van der Waals surface area contributed by atoms with Crippen molar-refractivity contribution in [2.45, 2.75) is 18.2 Å². The number of hydrogen-bond donors (Lipinski definition) is 0. The van der Waals surface area contributed by atoms with E-state index in [1.165, 1.54) is 32.7 Å². The van der Waals surface area contributed by atoms with Crippen LogP contribution in [0, 0.1) is 0 Å². The molecule has 3 aromatic rings. The van der Waals surface area contributed by atoms with Gasteiger partial charge in [-0.3, -0.25) is 0 Å². The molecule has 0 saturated carbocycles. The van der Waals surface area contributed by atoms with Gasteiger partial charge in [0.2, 0.25) is 0 Å². The lowest BCUT2D eigenvalue weighted by Gasteiger charge is -2.17. The molecule has 0 unspecified atom stereocenters. The van der Waals surface area contributed by atoms with Crippen LogP contribution in [0.1, 0.15) is 30.0 Å². The molecule has 0 N–H and O–H groups in total. The molecule has 0 aliphatic heterocycles. The summed E-state index contributed by atoms with van der Waals surface area (Å²) < 4.78 is 5.90. The zero-order chi connectivity index (χ0) is 21.3. The van der Waals surface area contributed by atoms with Crippen molar-refractivity contribution in [1.29, 1.82) is 0 Å². The van der Waals surface area contributed by atoms with Crippen LogP contribution in [0.4, 0.5) is 0 Å². The minimum absolute atomic E-state index is 0.690. The Morgan fingerprint density at radius 2 is 1.40 bits per heavy atom. The van der Waals surface area contributed by atoms with Gasteiger partial charge in [0, 0.05) is 11.4 Å². The van der Waals surface area contributed by atoms with E-state index < -0.39 is 0 Å². The first kappa shape index (κ1) is 22.2. The first-order chi connectivity index (χ1) is 14.6. The molecule has 156 valence electrons. The highest BCUT2D eigenvalue weighted by Gasteiger charge is 2.13. The van der Waals surface area contributed by atoms with Gasteiger partial charge in [0.15, 0.2) is 0 Å². The molecule has 0 aromatic heterocycles. The summed E-state index contributed by atoms with van der Waals surface area (Å²) in [5.41, 5.74) is 6.38. The standard InChI is InChI=1S/C27H31NOS/c1-5-26(21-9-7-6-8-10-21)27(23-13-17-25(30-4)18-14-23)22-11-15-24(16-12-22)29-20-19-28(2)3/h6-18H,5,19-20H2,1-4H3/b27-26-. The number of benzene rings is 3. The van der Waals surface area contributed by atoms with Crippen molar-refractivity contribution >= 4 is 22.9 Å². The number of likely N-dealkylation sites (N-methyl/N-ethyl adjacent to an activating group) is 1. The van der Waals surface area contributed by atoms with Crippen molar-refractivity contribution in [2.75, 3.05) is 33.5 Å². The van der Waals surface area contributed by atoms with Gasteiger partial charge < -0.3 is 9.64 Å². The Balaban J connectivity index is 2.02. The van der Waals surface area contributed by atoms with E-state index in [-0.39, 0.29) is 0 Å². The maximum absolute atomic E-state index is 5.90. The van der Waals surface area contributed by atoms with Crippen LogP contribution in [-0.2, 0) is 0 Å². The van der Waals surface area contributed by atoms with E-state index in [1.807, 2.05) is 0 Å². The topological polar surface area (TPSA) is 12.5 Å². The highest BCUT2D eigenvalue weighted by molar-refractivity contribution is 7.98. The van der Waals surface area contributed by atoms with E-state index in [9.17, 15) is 0 Å². The molecule has 0 saturated heterocycles. The predicted molar refractivity (Wildman–Crippen MR) is 131 cm³/mol. The quantitative estimate of drug-likeness (QED) is 0.283. The smallest absolute Gasteiger partial charge is 0.119 e. The third-order valence-electron chi connectivity index (χ3n) is 5.11. The van der Waals surface area contributed by atoms with Gasteiger partial charge in [0.25, 0.3) is 0 Å². The molecule has 0 atom stereocenters. The van der Waals surface area contributed by atoms with Gasteiger partial charge in [0.05, 0.1) is 0 Å². The van der Waals surface area contributed by atoms with Crippen LogP contribution in [0.3, 0.4) is 0 Å². The lowest BCUT2D eigenvalue weighted by molar-refractivity contribution is 0.261. The fraction of sp³-hybridized carbons (Fsp3) is 0.259. The van der Waals surface area contributed by atoms with Crippen LogP contribution in [0.15, 0.2) is 83.8 Å². The predicted octanol–water partition coefficient (Wildman–Crippen LogP) is 6.72. The summed E-state index contributed by atoms with van der Waals surface area (Å²) in [4.78, 5) is 3.40. The lowest BCUT2D eigenvalue weighted by Crippen LogP contribution is -2.19. The van der Waals surface area contributed by atoms with Crippen LogP contribution < -0.4 is 4.74 Å². The Hall–Kier alpha value is -2.49. The average Bonchev–Trinajstić information content (AvgIpc) is 2.78. The van der Waals surface area contributed by atoms with Gasteiger partial charge >= 0.3 is 0 Å². The second-order valence-electron chi connectivity index (χ2n) is 7.48. The third kappa shape index (κ3) is 5.78. The van der Waals surface area contributed by atoms with Crippen LogP contribution in [0.5, 0.6) is 5.75 Å². The highest BCUT2D eigenvalue weighted by atomic mass is 32.2. The molecular formula is C27H31NOS. The van der Waals surface area contributed by atoms with Gasteiger partial charge in [-0.2, -0.15) is 0 Å². The summed E-state index contributed by atoms with van der Waals surface area (Å²) in [7, 11) is 4.11. The fourth-order valence-electron chi connectivity index (χ4n) is 3.50. The van der Waals surface area contributed by atoms with E-state index in [4.69, 9.17) is 4.74 Å². The summed E-state index contributed by atoms with van der Waals surface area (Å²) in [5, 5.41) is 0. The van der Waals surface area contributed by atoms with E-state index in [0.717, 1.165) is 18.7 Å². The van der Waals surface area contributed by atoms with E-state index in [2.05, 4.69) is 111 Å². The van der Waals surface area contributed by atoms with E-state index in [0.29, 0.717) is 6.61 Å². The molecule has 0 spiro atoms. The maximum Gasteiger partial charge on any atom is 0.119 e.